The first-order chi connectivity index (χ1) is 7.66. The van der Waals surface area contributed by atoms with E-state index in [1.165, 1.54) is 0 Å². The predicted molar refractivity (Wildman–Crippen MR) is 74.4 cm³/mol. The number of aromatic nitrogens is 1. The summed E-state index contributed by atoms with van der Waals surface area (Å²) in [6.45, 7) is 0. The topological polar surface area (TPSA) is 24.9 Å². The molecule has 2 rings (SSSR count). The second-order valence-electron chi connectivity index (χ2n) is 3.09. The molecule has 5 heteroatoms. The van der Waals surface area contributed by atoms with E-state index in [0.717, 1.165) is 20.5 Å². The maximum absolute atomic E-state index is 6.04. The van der Waals surface area contributed by atoms with Crippen LogP contribution in [-0.2, 0) is 0 Å². The van der Waals surface area contributed by atoms with Crippen molar-refractivity contribution >= 4 is 55.0 Å². The molecule has 0 unspecified atom stereocenters. The predicted octanol–water partition coefficient (Wildman–Crippen LogP) is 5.00. The molecular weight excluding hydrogens is 355 g/mol. The first kappa shape index (κ1) is 11.9. The Morgan fingerprint density at radius 1 is 1.19 bits per heavy atom. The second-order valence-corrected chi connectivity index (χ2v) is 5.27. The molecule has 2 aromatic rings. The summed E-state index contributed by atoms with van der Waals surface area (Å²) in [5.41, 5.74) is 0.833. The van der Waals surface area contributed by atoms with Crippen LogP contribution < -0.4 is 5.32 Å². The van der Waals surface area contributed by atoms with E-state index in [2.05, 4.69) is 42.2 Å². The van der Waals surface area contributed by atoms with Crippen molar-refractivity contribution in [3.05, 3.63) is 50.5 Å². The van der Waals surface area contributed by atoms with Crippen molar-refractivity contribution in [1.82, 2.24) is 4.98 Å². The molecule has 0 spiro atoms. The molecule has 0 aliphatic heterocycles. The minimum atomic E-state index is 0.666. The number of para-hydroxylation sites is 1. The Morgan fingerprint density at radius 3 is 2.62 bits per heavy atom. The molecule has 0 aliphatic rings. The highest BCUT2D eigenvalue weighted by Gasteiger charge is 2.04. The summed E-state index contributed by atoms with van der Waals surface area (Å²) in [5.74, 6) is 0.733. The van der Waals surface area contributed by atoms with Gasteiger partial charge in [0.05, 0.1) is 15.2 Å². The monoisotopic (exact) mass is 360 g/mol. The van der Waals surface area contributed by atoms with E-state index >= 15 is 0 Å². The number of rotatable bonds is 2. The third-order valence-corrected chi connectivity index (χ3v) is 3.30. The molecule has 0 atom stereocenters. The van der Waals surface area contributed by atoms with Gasteiger partial charge in [0.25, 0.3) is 0 Å². The van der Waals surface area contributed by atoms with Crippen LogP contribution in [0.25, 0.3) is 0 Å². The Hall–Kier alpha value is -0.580. The van der Waals surface area contributed by atoms with Crippen LogP contribution in [0.2, 0.25) is 5.02 Å². The minimum absolute atomic E-state index is 0.666. The summed E-state index contributed by atoms with van der Waals surface area (Å²) in [5, 5.41) is 3.82. The van der Waals surface area contributed by atoms with Crippen LogP contribution in [0.3, 0.4) is 0 Å². The largest absolute Gasteiger partial charge is 0.338 e. The smallest absolute Gasteiger partial charge is 0.144 e. The maximum Gasteiger partial charge on any atom is 0.144 e. The van der Waals surface area contributed by atoms with Gasteiger partial charge in [-0.2, -0.15) is 0 Å². The molecule has 0 amide bonds. The van der Waals surface area contributed by atoms with E-state index in [1.54, 1.807) is 6.20 Å². The fraction of sp³-hybridized carbons (Fsp3) is 0. The number of nitrogens with zero attached hydrogens (tertiary/aromatic N) is 1. The van der Waals surface area contributed by atoms with Crippen LogP contribution >= 0.6 is 43.5 Å². The van der Waals surface area contributed by atoms with E-state index in [4.69, 9.17) is 11.6 Å². The van der Waals surface area contributed by atoms with Crippen LogP contribution in [0, 0.1) is 0 Å². The number of hydrogen-bond donors (Lipinski definition) is 1. The van der Waals surface area contributed by atoms with Crippen LogP contribution in [0.5, 0.6) is 0 Å². The van der Waals surface area contributed by atoms with Gasteiger partial charge in [-0.3, -0.25) is 0 Å². The average molecular weight is 362 g/mol. The molecule has 1 aromatic heterocycles. The van der Waals surface area contributed by atoms with Gasteiger partial charge in [0.2, 0.25) is 0 Å². The van der Waals surface area contributed by atoms with Gasteiger partial charge in [0, 0.05) is 10.7 Å². The van der Waals surface area contributed by atoms with Gasteiger partial charge >= 0.3 is 0 Å². The third kappa shape index (κ3) is 2.75. The molecule has 0 fully saturated rings. The van der Waals surface area contributed by atoms with Crippen molar-refractivity contribution in [2.45, 2.75) is 0 Å². The average Bonchev–Trinajstić information content (AvgIpc) is 2.25. The van der Waals surface area contributed by atoms with Crippen molar-refractivity contribution < 1.29 is 0 Å². The van der Waals surface area contributed by atoms with Crippen molar-refractivity contribution in [2.24, 2.45) is 0 Å². The van der Waals surface area contributed by atoms with E-state index in [0.29, 0.717) is 5.02 Å². The van der Waals surface area contributed by atoms with Crippen molar-refractivity contribution in [1.29, 1.82) is 0 Å². The van der Waals surface area contributed by atoms with Gasteiger partial charge in [-0.25, -0.2) is 4.98 Å². The normalized spacial score (nSPS) is 10.2. The zero-order chi connectivity index (χ0) is 11.5. The highest BCUT2D eigenvalue weighted by atomic mass is 79.9. The number of nitrogens with one attached hydrogen (secondary N) is 1. The zero-order valence-corrected chi connectivity index (χ0v) is 12.0. The lowest BCUT2D eigenvalue weighted by Gasteiger charge is -2.08. The fourth-order valence-electron chi connectivity index (χ4n) is 1.20. The number of benzene rings is 1. The molecule has 0 radical (unpaired) electrons. The van der Waals surface area contributed by atoms with Gasteiger partial charge in [-0.15, -0.1) is 0 Å². The number of halogens is 3. The number of pyridine rings is 1. The second kappa shape index (κ2) is 5.17. The van der Waals surface area contributed by atoms with Gasteiger partial charge in [-0.1, -0.05) is 23.7 Å². The van der Waals surface area contributed by atoms with Gasteiger partial charge in [-0.05, 0) is 50.1 Å². The molecule has 0 saturated heterocycles. The first-order valence-electron chi connectivity index (χ1n) is 4.49. The van der Waals surface area contributed by atoms with Crippen LogP contribution in [-0.4, -0.2) is 4.98 Å². The Balaban J connectivity index is 2.31. The lowest BCUT2D eigenvalue weighted by molar-refractivity contribution is 1.27. The molecule has 1 heterocycles. The lowest BCUT2D eigenvalue weighted by atomic mass is 10.3. The molecule has 0 bridgehead atoms. The molecule has 2 nitrogen and oxygen atoms in total. The Morgan fingerprint density at radius 2 is 1.94 bits per heavy atom. The fourth-order valence-corrected chi connectivity index (χ4v) is 2.47. The highest BCUT2D eigenvalue weighted by molar-refractivity contribution is 9.11. The molecule has 0 saturated carbocycles. The van der Waals surface area contributed by atoms with Crippen molar-refractivity contribution in [2.75, 3.05) is 5.32 Å². The molecule has 0 aliphatic carbocycles. The minimum Gasteiger partial charge on any atom is -0.338 e. The van der Waals surface area contributed by atoms with E-state index in [-0.39, 0.29) is 0 Å². The molecule has 1 N–H and O–H groups in total. The standard InChI is InChI=1S/C11H7Br2ClN2/c12-7-5-8(13)11(15-6-7)16-10-4-2-1-3-9(10)14/h1-6H,(H,15,16). The van der Waals surface area contributed by atoms with Crippen LogP contribution in [0.15, 0.2) is 45.5 Å². The van der Waals surface area contributed by atoms with Crippen molar-refractivity contribution in [3.8, 4) is 0 Å². The van der Waals surface area contributed by atoms with Crippen LogP contribution in [0.4, 0.5) is 11.5 Å². The zero-order valence-electron chi connectivity index (χ0n) is 8.05. The summed E-state index contributed by atoms with van der Waals surface area (Å²) in [6.07, 6.45) is 1.73. The van der Waals surface area contributed by atoms with Crippen LogP contribution in [0.1, 0.15) is 0 Å². The van der Waals surface area contributed by atoms with Gasteiger partial charge in [0.15, 0.2) is 0 Å². The Bertz CT molecular complexity index is 517. The maximum atomic E-state index is 6.04. The first-order valence-corrected chi connectivity index (χ1v) is 6.46. The van der Waals surface area contributed by atoms with Gasteiger partial charge < -0.3 is 5.32 Å². The molecule has 1 aromatic carbocycles. The summed E-state index contributed by atoms with van der Waals surface area (Å²) < 4.78 is 1.80. The quantitative estimate of drug-likeness (QED) is 0.813. The summed E-state index contributed by atoms with van der Waals surface area (Å²) in [6, 6.07) is 9.46. The van der Waals surface area contributed by atoms with E-state index in [1.807, 2.05) is 30.3 Å². The number of anilines is 2. The lowest BCUT2D eigenvalue weighted by Crippen LogP contribution is -1.94. The SMILES string of the molecule is Clc1ccccc1Nc1ncc(Br)cc1Br. The molecule has 82 valence electrons. The molecular formula is C11H7Br2ClN2. The van der Waals surface area contributed by atoms with Gasteiger partial charge in [0.1, 0.15) is 5.82 Å². The highest BCUT2D eigenvalue weighted by Crippen LogP contribution is 2.29. The van der Waals surface area contributed by atoms with Crippen molar-refractivity contribution in [3.63, 3.8) is 0 Å². The Labute approximate surface area is 115 Å². The molecule has 16 heavy (non-hydrogen) atoms. The van der Waals surface area contributed by atoms with E-state index in [9.17, 15) is 0 Å². The Kier molecular flexibility index (Phi) is 3.84. The van der Waals surface area contributed by atoms with E-state index < -0.39 is 0 Å². The summed E-state index contributed by atoms with van der Waals surface area (Å²) in [7, 11) is 0. The number of hydrogen-bond acceptors (Lipinski definition) is 2. The third-order valence-electron chi connectivity index (χ3n) is 1.93. The summed E-state index contributed by atoms with van der Waals surface area (Å²) >= 11 is 12.8. The summed E-state index contributed by atoms with van der Waals surface area (Å²) in [4.78, 5) is 4.25.